The van der Waals surface area contributed by atoms with Gasteiger partial charge in [-0.05, 0) is 61.4 Å². The van der Waals surface area contributed by atoms with Crippen molar-refractivity contribution in [3.05, 3.63) is 93.4 Å². The Bertz CT molecular complexity index is 1370. The fourth-order valence-corrected chi connectivity index (χ4v) is 5.68. The van der Waals surface area contributed by atoms with E-state index in [1.165, 1.54) is 35.2 Å². The van der Waals surface area contributed by atoms with Crippen LogP contribution in [0, 0.1) is 0 Å². The SMILES string of the molecule is CCCNC(=O)[C@@H](C)N(Cc1ccc(Cl)cc1)C(=O)CN(c1cc(Cl)ccc1Cl)S(=O)(=O)c1ccccc1. The highest BCUT2D eigenvalue weighted by Crippen LogP contribution is 2.33. The zero-order valence-electron chi connectivity index (χ0n) is 20.9. The van der Waals surface area contributed by atoms with E-state index in [1.807, 2.05) is 6.92 Å². The van der Waals surface area contributed by atoms with Gasteiger partial charge in [-0.15, -0.1) is 0 Å². The number of carbonyl (C=O) groups excluding carboxylic acids is 2. The molecule has 38 heavy (non-hydrogen) atoms. The molecule has 0 fully saturated rings. The molecule has 1 N–H and O–H groups in total. The number of nitrogens with one attached hydrogen (secondary N) is 1. The summed E-state index contributed by atoms with van der Waals surface area (Å²) in [5.41, 5.74) is 0.766. The van der Waals surface area contributed by atoms with E-state index in [-0.39, 0.29) is 33.1 Å². The van der Waals surface area contributed by atoms with E-state index in [0.29, 0.717) is 11.6 Å². The molecule has 0 saturated carbocycles. The number of amides is 2. The first-order chi connectivity index (χ1) is 18.0. The molecule has 0 heterocycles. The van der Waals surface area contributed by atoms with Crippen molar-refractivity contribution in [2.75, 3.05) is 17.4 Å². The van der Waals surface area contributed by atoms with E-state index < -0.39 is 28.5 Å². The van der Waals surface area contributed by atoms with Crippen molar-refractivity contribution in [1.29, 1.82) is 0 Å². The first kappa shape index (κ1) is 29.8. The third kappa shape index (κ3) is 7.41. The van der Waals surface area contributed by atoms with Crippen molar-refractivity contribution in [1.82, 2.24) is 10.2 Å². The van der Waals surface area contributed by atoms with Gasteiger partial charge >= 0.3 is 0 Å². The Balaban J connectivity index is 2.04. The summed E-state index contributed by atoms with van der Waals surface area (Å²) in [6.07, 6.45) is 0.722. The average Bonchev–Trinajstić information content (AvgIpc) is 2.91. The van der Waals surface area contributed by atoms with Crippen molar-refractivity contribution < 1.29 is 18.0 Å². The molecule has 0 bridgehead atoms. The molecule has 3 rings (SSSR count). The van der Waals surface area contributed by atoms with E-state index in [4.69, 9.17) is 34.8 Å². The molecule has 0 radical (unpaired) electrons. The van der Waals surface area contributed by atoms with Crippen LogP contribution in [-0.2, 0) is 26.2 Å². The quantitative estimate of drug-likeness (QED) is 0.304. The molecule has 11 heteroatoms. The highest BCUT2D eigenvalue weighted by atomic mass is 35.5. The number of benzene rings is 3. The van der Waals surface area contributed by atoms with Crippen molar-refractivity contribution in [3.8, 4) is 0 Å². The molecule has 0 aliphatic carbocycles. The maximum absolute atomic E-state index is 13.8. The average molecular weight is 597 g/mol. The topological polar surface area (TPSA) is 86.8 Å². The van der Waals surface area contributed by atoms with Gasteiger partial charge in [-0.3, -0.25) is 13.9 Å². The Labute approximate surface area is 238 Å². The van der Waals surface area contributed by atoms with Gasteiger partial charge in [-0.1, -0.05) is 72.1 Å². The fraction of sp³-hybridized carbons (Fsp3) is 0.259. The maximum atomic E-state index is 13.8. The number of anilines is 1. The van der Waals surface area contributed by atoms with Crippen LogP contribution in [0.1, 0.15) is 25.8 Å². The van der Waals surface area contributed by atoms with Crippen LogP contribution in [0.25, 0.3) is 0 Å². The lowest BCUT2D eigenvalue weighted by molar-refractivity contribution is -0.139. The minimum atomic E-state index is -4.24. The van der Waals surface area contributed by atoms with Gasteiger partial charge in [-0.25, -0.2) is 8.42 Å². The van der Waals surface area contributed by atoms with E-state index in [0.717, 1.165) is 16.3 Å². The molecule has 0 aliphatic rings. The summed E-state index contributed by atoms with van der Waals surface area (Å²) in [5, 5.41) is 3.66. The summed E-state index contributed by atoms with van der Waals surface area (Å²) in [4.78, 5) is 28.0. The van der Waals surface area contributed by atoms with Crippen LogP contribution in [0.5, 0.6) is 0 Å². The van der Waals surface area contributed by atoms with Crippen LogP contribution in [0.3, 0.4) is 0 Å². The highest BCUT2D eigenvalue weighted by molar-refractivity contribution is 7.92. The molecule has 0 unspecified atom stereocenters. The van der Waals surface area contributed by atoms with Crippen LogP contribution in [-0.4, -0.2) is 44.3 Å². The predicted molar refractivity (Wildman–Crippen MR) is 152 cm³/mol. The Morgan fingerprint density at radius 3 is 2.18 bits per heavy atom. The van der Waals surface area contributed by atoms with Crippen molar-refractivity contribution in [3.63, 3.8) is 0 Å². The number of sulfonamides is 1. The summed E-state index contributed by atoms with van der Waals surface area (Å²) in [7, 11) is -4.24. The third-order valence-corrected chi connectivity index (χ3v) is 8.35. The predicted octanol–water partition coefficient (Wildman–Crippen LogP) is 5.79. The van der Waals surface area contributed by atoms with Gasteiger partial charge in [-0.2, -0.15) is 0 Å². The molecule has 1 atom stereocenters. The number of hydrogen-bond donors (Lipinski definition) is 1. The lowest BCUT2D eigenvalue weighted by Gasteiger charge is -2.32. The number of rotatable bonds is 11. The van der Waals surface area contributed by atoms with Gasteiger partial charge in [0.2, 0.25) is 11.8 Å². The highest BCUT2D eigenvalue weighted by Gasteiger charge is 2.33. The van der Waals surface area contributed by atoms with Gasteiger partial charge in [0.1, 0.15) is 12.6 Å². The Morgan fingerprint density at radius 1 is 0.921 bits per heavy atom. The lowest BCUT2D eigenvalue weighted by Crippen LogP contribution is -2.51. The number of carbonyl (C=O) groups is 2. The molecule has 7 nitrogen and oxygen atoms in total. The maximum Gasteiger partial charge on any atom is 0.264 e. The first-order valence-corrected chi connectivity index (χ1v) is 14.5. The Kier molecular flexibility index (Phi) is 10.4. The van der Waals surface area contributed by atoms with Gasteiger partial charge in [0.25, 0.3) is 10.0 Å². The second-order valence-corrected chi connectivity index (χ2v) is 11.7. The van der Waals surface area contributed by atoms with Crippen molar-refractivity contribution in [2.24, 2.45) is 0 Å². The van der Waals surface area contributed by atoms with Gasteiger partial charge in [0, 0.05) is 23.1 Å². The molecular weight excluding hydrogens is 569 g/mol. The molecule has 0 saturated heterocycles. The minimum Gasteiger partial charge on any atom is -0.354 e. The molecule has 3 aromatic rings. The smallest absolute Gasteiger partial charge is 0.264 e. The lowest BCUT2D eigenvalue weighted by atomic mass is 10.1. The molecule has 0 spiro atoms. The molecular formula is C27H28Cl3N3O4S. The summed E-state index contributed by atoms with van der Waals surface area (Å²) in [6.45, 7) is 3.40. The molecule has 202 valence electrons. The van der Waals surface area contributed by atoms with Gasteiger partial charge in [0.05, 0.1) is 15.6 Å². The van der Waals surface area contributed by atoms with Crippen LogP contribution in [0.4, 0.5) is 5.69 Å². The number of nitrogens with zero attached hydrogens (tertiary/aromatic N) is 2. The monoisotopic (exact) mass is 595 g/mol. The fourth-order valence-electron chi connectivity index (χ4n) is 3.68. The van der Waals surface area contributed by atoms with Crippen LogP contribution < -0.4 is 9.62 Å². The zero-order valence-corrected chi connectivity index (χ0v) is 24.0. The minimum absolute atomic E-state index is 0.0261. The third-order valence-electron chi connectivity index (χ3n) is 5.77. The van der Waals surface area contributed by atoms with Crippen LogP contribution in [0.15, 0.2) is 77.7 Å². The molecule has 3 aromatic carbocycles. The number of hydrogen-bond acceptors (Lipinski definition) is 4. The van der Waals surface area contributed by atoms with Gasteiger partial charge < -0.3 is 10.2 Å². The first-order valence-electron chi connectivity index (χ1n) is 11.9. The molecule has 2 amide bonds. The summed E-state index contributed by atoms with van der Waals surface area (Å²) < 4.78 is 28.4. The second-order valence-electron chi connectivity index (χ2n) is 8.54. The summed E-state index contributed by atoms with van der Waals surface area (Å²) in [6, 6.07) is 18.0. The zero-order chi connectivity index (χ0) is 27.9. The van der Waals surface area contributed by atoms with E-state index in [1.54, 1.807) is 49.4 Å². The van der Waals surface area contributed by atoms with E-state index in [9.17, 15) is 18.0 Å². The normalized spacial score (nSPS) is 12.0. The van der Waals surface area contributed by atoms with Crippen molar-refractivity contribution >= 4 is 62.3 Å². The van der Waals surface area contributed by atoms with Crippen molar-refractivity contribution in [2.45, 2.75) is 37.8 Å². The second kappa shape index (κ2) is 13.3. The molecule has 0 aliphatic heterocycles. The van der Waals surface area contributed by atoms with Gasteiger partial charge in [0.15, 0.2) is 0 Å². The summed E-state index contributed by atoms with van der Waals surface area (Å²) in [5.74, 6) is -0.956. The van der Waals surface area contributed by atoms with Crippen LogP contribution in [0.2, 0.25) is 15.1 Å². The largest absolute Gasteiger partial charge is 0.354 e. The standard InChI is InChI=1S/C27H28Cl3N3O4S/c1-3-15-31-27(35)19(2)32(17-20-9-11-21(28)12-10-20)26(34)18-33(25-16-22(29)13-14-24(25)30)38(36,37)23-7-5-4-6-8-23/h4-14,16,19H,3,15,17-18H2,1-2H3,(H,31,35)/t19-/m1/s1. The van der Waals surface area contributed by atoms with E-state index >= 15 is 0 Å². The number of halogens is 3. The van der Waals surface area contributed by atoms with Crippen LogP contribution >= 0.6 is 34.8 Å². The molecule has 0 aromatic heterocycles. The van der Waals surface area contributed by atoms with E-state index in [2.05, 4.69) is 5.32 Å². The Morgan fingerprint density at radius 2 is 1.55 bits per heavy atom. The summed E-state index contributed by atoms with van der Waals surface area (Å²) >= 11 is 18.6. The Hall–Kier alpha value is -2.78.